The van der Waals surface area contributed by atoms with Gasteiger partial charge in [0.1, 0.15) is 11.3 Å². The smallest absolute Gasteiger partial charge is 0.344 e. The van der Waals surface area contributed by atoms with E-state index in [4.69, 9.17) is 13.9 Å². The molecule has 156 valence electrons. The van der Waals surface area contributed by atoms with Gasteiger partial charge in [0.25, 0.3) is 0 Å². The zero-order chi connectivity index (χ0) is 21.7. The van der Waals surface area contributed by atoms with Crippen molar-refractivity contribution in [1.82, 2.24) is 5.43 Å². The average molecular weight is 650 g/mol. The summed E-state index contributed by atoms with van der Waals surface area (Å²) in [5.41, 5.74) is 3.64. The Hall–Kier alpha value is -1.92. The van der Waals surface area contributed by atoms with Crippen LogP contribution in [0.4, 0.5) is 0 Å². The van der Waals surface area contributed by atoms with Gasteiger partial charge in [0.05, 0.1) is 16.4 Å². The van der Waals surface area contributed by atoms with Crippen molar-refractivity contribution in [2.45, 2.75) is 6.92 Å². The number of furan rings is 1. The number of esters is 1. The van der Waals surface area contributed by atoms with Gasteiger partial charge in [-0.05, 0) is 65.9 Å². The third-order valence-electron chi connectivity index (χ3n) is 3.75. The Bertz CT molecular complexity index is 1130. The fraction of sp³-hybridized carbons (Fsp3) is 0.150. The number of carbonyl (C=O) groups excluding carboxylic acids is 2. The second kappa shape index (κ2) is 10.4. The number of hydrogen-bond donors (Lipinski definition) is 1. The molecule has 3 aromatic rings. The second-order valence-corrected chi connectivity index (χ2v) is 8.89. The highest BCUT2D eigenvalue weighted by atomic mass is 127. The van der Waals surface area contributed by atoms with Crippen LogP contribution in [0.25, 0.3) is 11.0 Å². The molecule has 0 saturated heterocycles. The summed E-state index contributed by atoms with van der Waals surface area (Å²) < 4.78 is 18.6. The molecule has 0 spiro atoms. The zero-order valence-electron chi connectivity index (χ0n) is 15.6. The second-order valence-electron chi connectivity index (χ2n) is 5.89. The summed E-state index contributed by atoms with van der Waals surface area (Å²) in [4.78, 5) is 23.9. The Kier molecular flexibility index (Phi) is 7.89. The average Bonchev–Trinajstić information content (AvgIpc) is 3.12. The number of nitrogens with zero attached hydrogens (tertiary/aromatic N) is 1. The van der Waals surface area contributed by atoms with Gasteiger partial charge in [-0.2, -0.15) is 5.10 Å². The Balaban J connectivity index is 1.71. The molecule has 0 bridgehead atoms. The minimum absolute atomic E-state index is 0.145. The summed E-state index contributed by atoms with van der Waals surface area (Å²) in [6, 6.07) is 10.6. The summed E-state index contributed by atoms with van der Waals surface area (Å²) in [5, 5.41) is 4.79. The molecule has 10 heteroatoms. The first-order chi connectivity index (χ1) is 14.4. The van der Waals surface area contributed by atoms with Crippen LogP contribution in [-0.2, 0) is 9.53 Å². The third kappa shape index (κ3) is 5.82. The fourth-order valence-corrected chi connectivity index (χ4v) is 4.53. The first-order valence-electron chi connectivity index (χ1n) is 8.67. The highest BCUT2D eigenvalue weighted by Crippen LogP contribution is 2.28. The topological polar surface area (TPSA) is 90.1 Å². The molecule has 3 rings (SSSR count). The van der Waals surface area contributed by atoms with Crippen LogP contribution < -0.4 is 10.2 Å². The molecular formula is C20H15Br2IN2O5. The van der Waals surface area contributed by atoms with E-state index in [2.05, 4.69) is 65.0 Å². The van der Waals surface area contributed by atoms with Crippen molar-refractivity contribution in [2.75, 3.05) is 13.2 Å². The standard InChI is InChI=1S/C20H15Br2IN2O5/c1-2-28-18(26)10-29-16-4-3-13(21)6-12(16)9-24-25-20(27)17-7-11-5-14(22)8-15(23)19(11)30-17/h3-9H,2,10H2,1H3,(H,25,27)/b24-9-. The van der Waals surface area contributed by atoms with Crippen LogP contribution in [0.1, 0.15) is 23.0 Å². The van der Waals surface area contributed by atoms with Crippen LogP contribution in [0.5, 0.6) is 5.75 Å². The molecule has 1 N–H and O–H groups in total. The van der Waals surface area contributed by atoms with Gasteiger partial charge in [0.2, 0.25) is 0 Å². The van der Waals surface area contributed by atoms with E-state index in [9.17, 15) is 9.59 Å². The number of fused-ring (bicyclic) bond motifs is 1. The Labute approximate surface area is 202 Å². The van der Waals surface area contributed by atoms with Crippen LogP contribution in [0.15, 0.2) is 54.9 Å². The highest BCUT2D eigenvalue weighted by Gasteiger charge is 2.14. The van der Waals surface area contributed by atoms with Gasteiger partial charge in [-0.1, -0.05) is 31.9 Å². The van der Waals surface area contributed by atoms with Gasteiger partial charge in [-0.15, -0.1) is 0 Å². The molecule has 0 fully saturated rings. The summed E-state index contributed by atoms with van der Waals surface area (Å²) in [6.45, 7) is 1.77. The van der Waals surface area contributed by atoms with E-state index in [0.29, 0.717) is 16.9 Å². The van der Waals surface area contributed by atoms with Crippen LogP contribution in [0.3, 0.4) is 0 Å². The molecule has 0 saturated carbocycles. The Morgan fingerprint density at radius 2 is 2.00 bits per heavy atom. The first kappa shape index (κ1) is 22.8. The maximum Gasteiger partial charge on any atom is 0.344 e. The first-order valence-corrected chi connectivity index (χ1v) is 11.3. The molecule has 0 atom stereocenters. The lowest BCUT2D eigenvalue weighted by molar-refractivity contribution is -0.145. The van der Waals surface area contributed by atoms with Crippen molar-refractivity contribution in [2.24, 2.45) is 5.10 Å². The van der Waals surface area contributed by atoms with E-state index >= 15 is 0 Å². The van der Waals surface area contributed by atoms with Gasteiger partial charge in [-0.25, -0.2) is 10.2 Å². The molecule has 0 radical (unpaired) electrons. The normalized spacial score (nSPS) is 11.1. The number of halogens is 3. The Morgan fingerprint density at radius 3 is 2.77 bits per heavy atom. The molecule has 0 aliphatic rings. The molecule has 0 aliphatic carbocycles. The van der Waals surface area contributed by atoms with Gasteiger partial charge in [-0.3, -0.25) is 4.79 Å². The van der Waals surface area contributed by atoms with Crippen LogP contribution in [0, 0.1) is 3.57 Å². The maximum absolute atomic E-state index is 12.4. The van der Waals surface area contributed by atoms with Crippen molar-refractivity contribution in [3.63, 3.8) is 0 Å². The Morgan fingerprint density at radius 1 is 1.20 bits per heavy atom. The number of benzene rings is 2. The van der Waals surface area contributed by atoms with Gasteiger partial charge in [0.15, 0.2) is 12.4 Å². The minimum Gasteiger partial charge on any atom is -0.481 e. The molecular weight excluding hydrogens is 635 g/mol. The summed E-state index contributed by atoms with van der Waals surface area (Å²) in [5.74, 6) is -0.389. The molecule has 0 unspecified atom stereocenters. The van der Waals surface area contributed by atoms with E-state index in [0.717, 1.165) is 17.9 Å². The predicted molar refractivity (Wildman–Crippen MR) is 128 cm³/mol. The molecule has 7 nitrogen and oxygen atoms in total. The van der Waals surface area contributed by atoms with Crippen LogP contribution in [0.2, 0.25) is 0 Å². The molecule has 2 aromatic carbocycles. The van der Waals surface area contributed by atoms with Crippen molar-refractivity contribution >= 4 is 83.5 Å². The molecule has 1 heterocycles. The van der Waals surface area contributed by atoms with E-state index in [-0.39, 0.29) is 19.0 Å². The monoisotopic (exact) mass is 648 g/mol. The summed E-state index contributed by atoms with van der Waals surface area (Å²) in [6.07, 6.45) is 1.42. The van der Waals surface area contributed by atoms with E-state index in [1.807, 2.05) is 12.1 Å². The number of hydrazone groups is 1. The van der Waals surface area contributed by atoms with Crippen molar-refractivity contribution in [3.8, 4) is 5.75 Å². The molecule has 0 aliphatic heterocycles. The highest BCUT2D eigenvalue weighted by molar-refractivity contribution is 14.1. The van der Waals surface area contributed by atoms with Crippen LogP contribution in [-0.4, -0.2) is 31.3 Å². The number of ether oxygens (including phenoxy) is 2. The van der Waals surface area contributed by atoms with E-state index in [1.54, 1.807) is 31.2 Å². The largest absolute Gasteiger partial charge is 0.481 e. The lowest BCUT2D eigenvalue weighted by atomic mass is 10.2. The summed E-state index contributed by atoms with van der Waals surface area (Å²) >= 11 is 8.94. The number of nitrogens with one attached hydrogen (secondary N) is 1. The molecule has 30 heavy (non-hydrogen) atoms. The van der Waals surface area contributed by atoms with Crippen LogP contribution >= 0.6 is 54.5 Å². The van der Waals surface area contributed by atoms with Gasteiger partial charge in [0, 0.05) is 19.9 Å². The number of hydrogen-bond acceptors (Lipinski definition) is 6. The minimum atomic E-state index is -0.488. The fourth-order valence-electron chi connectivity index (χ4n) is 2.49. The predicted octanol–water partition coefficient (Wildman–Crippen LogP) is 5.27. The summed E-state index contributed by atoms with van der Waals surface area (Å²) in [7, 11) is 0. The van der Waals surface area contributed by atoms with Crippen molar-refractivity contribution in [1.29, 1.82) is 0 Å². The van der Waals surface area contributed by atoms with E-state index < -0.39 is 11.9 Å². The molecule has 1 aromatic heterocycles. The lowest BCUT2D eigenvalue weighted by Gasteiger charge is -2.09. The molecule has 1 amide bonds. The third-order valence-corrected chi connectivity index (χ3v) is 5.50. The van der Waals surface area contributed by atoms with Gasteiger partial charge < -0.3 is 13.9 Å². The van der Waals surface area contributed by atoms with E-state index in [1.165, 1.54) is 6.21 Å². The maximum atomic E-state index is 12.4. The number of amides is 1. The lowest BCUT2D eigenvalue weighted by Crippen LogP contribution is -2.17. The van der Waals surface area contributed by atoms with Crippen molar-refractivity contribution < 1.29 is 23.5 Å². The zero-order valence-corrected chi connectivity index (χ0v) is 20.9. The number of carbonyl (C=O) groups is 2. The van der Waals surface area contributed by atoms with Crippen molar-refractivity contribution in [3.05, 3.63) is 60.2 Å². The van der Waals surface area contributed by atoms with Gasteiger partial charge >= 0.3 is 11.9 Å². The SMILES string of the molecule is CCOC(=O)COc1ccc(Br)cc1/C=N\NC(=O)c1cc2cc(Br)cc(I)c2o1. The number of rotatable bonds is 7. The quantitative estimate of drug-likeness (QED) is 0.163.